The Morgan fingerprint density at radius 3 is 2.25 bits per heavy atom. The fraction of sp³-hybridized carbons (Fsp3) is 0.750. The second kappa shape index (κ2) is 3.45. The van der Waals surface area contributed by atoms with Crippen molar-refractivity contribution in [2.45, 2.75) is 6.42 Å². The van der Waals surface area contributed by atoms with Crippen LogP contribution in [0.3, 0.4) is 0 Å². The van der Waals surface area contributed by atoms with Crippen molar-refractivity contribution in [1.82, 2.24) is 0 Å². The summed E-state index contributed by atoms with van der Waals surface area (Å²) in [5.41, 5.74) is 0. The van der Waals surface area contributed by atoms with Crippen LogP contribution in [0.25, 0.3) is 0 Å². The van der Waals surface area contributed by atoms with E-state index >= 15 is 0 Å². The molecule has 0 heterocycles. The third kappa shape index (κ3) is 6.42. The Kier molecular flexibility index (Phi) is 3.63. The highest BCUT2D eigenvalue weighted by Crippen LogP contribution is 2.54. The first-order chi connectivity index (χ1) is 3.56. The molecule has 0 aliphatic rings. The molecule has 0 aliphatic heterocycles. The van der Waals surface area contributed by atoms with Crippen LogP contribution in [-0.2, 0) is 0 Å². The molecule has 8 heavy (non-hydrogen) atoms. The average Bonchev–Trinajstić information content (AvgIpc) is 1.59. The number of hydrogen-bond donors (Lipinski definition) is 0. The molecule has 0 unspecified atom stereocenters. The molecular weight excluding hydrogens is 165 g/mol. The Labute approximate surface area is 59.9 Å². The third-order valence-electron chi connectivity index (χ3n) is 0.572. The fourth-order valence-electron chi connectivity index (χ4n) is 0.225. The lowest BCUT2D eigenvalue weighted by atomic mass is 10.6. The predicted octanol–water partition coefficient (Wildman–Crippen LogP) is 2.64. The molecular formula is C4H7Cl2NS. The van der Waals surface area contributed by atoms with Gasteiger partial charge >= 0.3 is 0 Å². The van der Waals surface area contributed by atoms with Gasteiger partial charge in [0.05, 0.1) is 6.07 Å². The van der Waals surface area contributed by atoms with Crippen LogP contribution < -0.4 is 0 Å². The van der Waals surface area contributed by atoms with Crippen LogP contribution in [0.4, 0.5) is 0 Å². The minimum absolute atomic E-state index is 0.457. The quantitative estimate of drug-likeness (QED) is 0.628. The van der Waals surface area contributed by atoms with Crippen molar-refractivity contribution >= 4 is 29.8 Å². The second-order valence-electron chi connectivity index (χ2n) is 1.49. The van der Waals surface area contributed by atoms with E-state index < -0.39 is 8.46 Å². The Morgan fingerprint density at radius 1 is 1.62 bits per heavy atom. The number of hydrogen-bond acceptors (Lipinski definition) is 1. The average molecular weight is 172 g/mol. The first-order valence-electron chi connectivity index (χ1n) is 2.08. The normalized spacial score (nSPS) is 12.8. The van der Waals surface area contributed by atoms with E-state index in [2.05, 4.69) is 0 Å². The van der Waals surface area contributed by atoms with Crippen LogP contribution in [0.2, 0.25) is 0 Å². The summed E-state index contributed by atoms with van der Waals surface area (Å²) in [7, 11) is 9.75. The molecule has 0 fully saturated rings. The molecule has 0 rings (SSSR count). The maximum atomic E-state index is 8.08. The van der Waals surface area contributed by atoms with Crippen LogP contribution in [0.5, 0.6) is 0 Å². The number of rotatable bonds is 2. The Morgan fingerprint density at radius 2 is 2.12 bits per heavy atom. The van der Waals surface area contributed by atoms with Gasteiger partial charge in [-0.05, 0) is 6.26 Å². The molecule has 48 valence electrons. The van der Waals surface area contributed by atoms with Gasteiger partial charge in [-0.1, -0.05) is 29.8 Å². The van der Waals surface area contributed by atoms with E-state index in [1.807, 2.05) is 6.07 Å². The minimum atomic E-state index is -1.46. The van der Waals surface area contributed by atoms with E-state index in [1.54, 1.807) is 6.26 Å². The van der Waals surface area contributed by atoms with E-state index in [0.717, 1.165) is 0 Å². The van der Waals surface area contributed by atoms with Crippen LogP contribution >= 0.6 is 29.8 Å². The van der Waals surface area contributed by atoms with E-state index in [4.69, 9.17) is 26.6 Å². The number of nitriles is 1. The topological polar surface area (TPSA) is 23.8 Å². The van der Waals surface area contributed by atoms with Crippen molar-refractivity contribution in [2.24, 2.45) is 0 Å². The van der Waals surface area contributed by atoms with Gasteiger partial charge in [-0.3, -0.25) is 0 Å². The molecule has 0 radical (unpaired) electrons. The summed E-state index contributed by atoms with van der Waals surface area (Å²) in [6.07, 6.45) is 2.21. The molecule has 0 aromatic rings. The monoisotopic (exact) mass is 171 g/mol. The van der Waals surface area contributed by atoms with Gasteiger partial charge in [0.2, 0.25) is 0 Å². The highest BCUT2D eigenvalue weighted by atomic mass is 36.0. The summed E-state index contributed by atoms with van der Waals surface area (Å²) in [4.78, 5) is 0. The summed E-state index contributed by atoms with van der Waals surface area (Å²) in [6.45, 7) is 0. The van der Waals surface area contributed by atoms with Gasteiger partial charge in [-0.15, -0.1) is 0 Å². The molecule has 0 aliphatic carbocycles. The van der Waals surface area contributed by atoms with Crippen LogP contribution in [0, 0.1) is 11.3 Å². The molecule has 0 bridgehead atoms. The Hall–Kier alpha value is 0.420. The zero-order chi connectivity index (χ0) is 6.62. The molecule has 0 amide bonds. The molecule has 1 nitrogen and oxygen atoms in total. The molecule has 0 atom stereocenters. The molecule has 0 saturated carbocycles. The summed E-state index contributed by atoms with van der Waals surface area (Å²) in [6, 6.07) is 1.98. The molecule has 0 spiro atoms. The van der Waals surface area contributed by atoms with Crippen LogP contribution in [0.1, 0.15) is 6.42 Å². The van der Waals surface area contributed by atoms with E-state index in [-0.39, 0.29) is 0 Å². The Balaban J connectivity index is 3.28. The SMILES string of the molecule is CS(Cl)(Cl)CCC#N. The van der Waals surface area contributed by atoms with Gasteiger partial charge in [-0.25, -0.2) is 0 Å². The summed E-state index contributed by atoms with van der Waals surface area (Å²) >= 11 is 0. The molecule has 4 heteroatoms. The maximum absolute atomic E-state index is 8.08. The third-order valence-corrected chi connectivity index (χ3v) is 2.42. The zero-order valence-electron chi connectivity index (χ0n) is 4.53. The highest BCUT2D eigenvalue weighted by Gasteiger charge is 2.07. The molecule has 0 aromatic carbocycles. The van der Waals surface area contributed by atoms with Gasteiger partial charge in [0.1, 0.15) is 0 Å². The Bertz CT molecular complexity index is 102. The largest absolute Gasteiger partial charge is 0.198 e. The highest BCUT2D eigenvalue weighted by molar-refractivity contribution is 8.65. The summed E-state index contributed by atoms with van der Waals surface area (Å²) in [5, 5.41) is 8.08. The van der Waals surface area contributed by atoms with Crippen LogP contribution in [-0.4, -0.2) is 12.0 Å². The lowest BCUT2D eigenvalue weighted by molar-refractivity contribution is 1.24. The van der Waals surface area contributed by atoms with E-state index in [1.165, 1.54) is 0 Å². The molecule has 0 N–H and O–H groups in total. The van der Waals surface area contributed by atoms with Crippen molar-refractivity contribution < 1.29 is 0 Å². The van der Waals surface area contributed by atoms with Gasteiger partial charge in [0.15, 0.2) is 0 Å². The first-order valence-corrected chi connectivity index (χ1v) is 5.95. The molecule has 0 saturated heterocycles. The predicted molar refractivity (Wildman–Crippen MR) is 40.3 cm³/mol. The lowest BCUT2D eigenvalue weighted by Crippen LogP contribution is -1.84. The van der Waals surface area contributed by atoms with E-state index in [0.29, 0.717) is 12.2 Å². The lowest BCUT2D eigenvalue weighted by Gasteiger charge is -2.14. The van der Waals surface area contributed by atoms with Crippen molar-refractivity contribution in [1.29, 1.82) is 5.26 Å². The second-order valence-corrected chi connectivity index (χ2v) is 8.20. The van der Waals surface area contributed by atoms with Crippen molar-refractivity contribution in [2.75, 3.05) is 12.0 Å². The minimum Gasteiger partial charge on any atom is -0.198 e. The summed E-state index contributed by atoms with van der Waals surface area (Å²) in [5.74, 6) is 0.618. The standard InChI is InChI=1S/C4H7Cl2NS/c1-8(5,6)4-2-3-7/h2,4H2,1H3. The van der Waals surface area contributed by atoms with E-state index in [9.17, 15) is 0 Å². The van der Waals surface area contributed by atoms with Gasteiger partial charge in [0.25, 0.3) is 0 Å². The van der Waals surface area contributed by atoms with Gasteiger partial charge < -0.3 is 0 Å². The van der Waals surface area contributed by atoms with Crippen LogP contribution in [0.15, 0.2) is 0 Å². The zero-order valence-corrected chi connectivity index (χ0v) is 6.85. The maximum Gasteiger partial charge on any atom is 0.0630 e. The van der Waals surface area contributed by atoms with Gasteiger partial charge in [-0.2, -0.15) is 5.26 Å². The molecule has 0 aromatic heterocycles. The smallest absolute Gasteiger partial charge is 0.0630 e. The van der Waals surface area contributed by atoms with Crippen molar-refractivity contribution in [3.63, 3.8) is 0 Å². The van der Waals surface area contributed by atoms with Crippen molar-refractivity contribution in [3.8, 4) is 6.07 Å². The number of nitrogens with zero attached hydrogens (tertiary/aromatic N) is 1. The number of halogens is 2. The summed E-state index contributed by atoms with van der Waals surface area (Å²) < 4.78 is 0. The first kappa shape index (κ1) is 8.42. The van der Waals surface area contributed by atoms with Crippen molar-refractivity contribution in [3.05, 3.63) is 0 Å². The fourth-order valence-corrected chi connectivity index (χ4v) is 1.14. The van der Waals surface area contributed by atoms with Gasteiger partial charge in [0, 0.05) is 12.2 Å².